The third-order valence-electron chi connectivity index (χ3n) is 5.41. The number of aliphatic hydroxyl groups is 1. The number of nitrogens with one attached hydrogen (secondary N) is 1. The summed E-state index contributed by atoms with van der Waals surface area (Å²) < 4.78 is 20.3. The summed E-state index contributed by atoms with van der Waals surface area (Å²) >= 11 is 1.36. The predicted molar refractivity (Wildman–Crippen MR) is 104 cm³/mol. The molecular formula is C20H20FN4O3S+. The van der Waals surface area contributed by atoms with Crippen molar-refractivity contribution in [3.63, 3.8) is 0 Å². The first kappa shape index (κ1) is 18.3. The molecule has 1 aliphatic rings. The quantitative estimate of drug-likeness (QED) is 0.475. The smallest absolute Gasteiger partial charge is 0.235 e. The lowest BCUT2D eigenvalue weighted by Gasteiger charge is -2.33. The Kier molecular flexibility index (Phi) is 4.57. The Balaban J connectivity index is 1.57. The SMILES string of the molecule is Oc1c([C@H](c2ccc(F)cc2)[NH+]2CCC(O)CC2)sc2nc(-c3ccco3)nn12. The van der Waals surface area contributed by atoms with E-state index in [0.29, 0.717) is 29.4 Å². The van der Waals surface area contributed by atoms with Crippen molar-refractivity contribution in [3.05, 3.63) is 58.9 Å². The highest BCUT2D eigenvalue weighted by atomic mass is 32.1. The first-order chi connectivity index (χ1) is 14.1. The van der Waals surface area contributed by atoms with E-state index in [-0.39, 0.29) is 23.8 Å². The number of piperidine rings is 1. The van der Waals surface area contributed by atoms with Crippen LogP contribution in [0.3, 0.4) is 0 Å². The molecule has 1 aromatic carbocycles. The number of aromatic nitrogens is 3. The molecule has 0 bridgehead atoms. The molecule has 0 aliphatic carbocycles. The van der Waals surface area contributed by atoms with E-state index in [4.69, 9.17) is 4.42 Å². The number of nitrogens with zero attached hydrogens (tertiary/aromatic N) is 3. The molecular weight excluding hydrogens is 395 g/mol. The van der Waals surface area contributed by atoms with Gasteiger partial charge in [0.15, 0.2) is 11.8 Å². The summed E-state index contributed by atoms with van der Waals surface area (Å²) in [6.45, 7) is 1.52. The van der Waals surface area contributed by atoms with Crippen LogP contribution in [0, 0.1) is 5.82 Å². The summed E-state index contributed by atoms with van der Waals surface area (Å²) in [5.41, 5.74) is 0.906. The summed E-state index contributed by atoms with van der Waals surface area (Å²) in [5, 5.41) is 25.3. The van der Waals surface area contributed by atoms with Crippen molar-refractivity contribution in [2.24, 2.45) is 0 Å². The van der Waals surface area contributed by atoms with Gasteiger partial charge in [0, 0.05) is 18.4 Å². The van der Waals surface area contributed by atoms with Crippen molar-refractivity contribution >= 4 is 16.3 Å². The zero-order chi connectivity index (χ0) is 20.0. The predicted octanol–water partition coefficient (Wildman–Crippen LogP) is 2.02. The summed E-state index contributed by atoms with van der Waals surface area (Å²) in [5.74, 6) is 0.678. The molecule has 9 heteroatoms. The van der Waals surface area contributed by atoms with E-state index in [1.807, 2.05) is 0 Å². The number of rotatable bonds is 4. The minimum atomic E-state index is -0.300. The molecule has 0 unspecified atom stereocenters. The Morgan fingerprint density at radius 1 is 1.21 bits per heavy atom. The number of benzene rings is 1. The molecule has 1 atom stereocenters. The van der Waals surface area contributed by atoms with E-state index in [0.717, 1.165) is 23.5 Å². The van der Waals surface area contributed by atoms with Crippen molar-refractivity contribution in [1.29, 1.82) is 0 Å². The summed E-state index contributed by atoms with van der Waals surface area (Å²) in [7, 11) is 0. The van der Waals surface area contributed by atoms with Crippen LogP contribution < -0.4 is 4.90 Å². The fraction of sp³-hybridized carbons (Fsp3) is 0.300. The van der Waals surface area contributed by atoms with Crippen LogP contribution in [0.15, 0.2) is 47.1 Å². The number of furan rings is 1. The number of likely N-dealkylation sites (tertiary alicyclic amines) is 1. The van der Waals surface area contributed by atoms with Gasteiger partial charge in [-0.2, -0.15) is 9.50 Å². The highest BCUT2D eigenvalue weighted by Gasteiger charge is 2.35. The van der Waals surface area contributed by atoms with Gasteiger partial charge in [0.25, 0.3) is 0 Å². The highest BCUT2D eigenvalue weighted by Crippen LogP contribution is 2.36. The molecule has 5 rings (SSSR count). The minimum absolute atomic E-state index is 0.0308. The van der Waals surface area contributed by atoms with Gasteiger partial charge >= 0.3 is 0 Å². The van der Waals surface area contributed by atoms with Crippen molar-refractivity contribution in [2.45, 2.75) is 25.0 Å². The Morgan fingerprint density at radius 2 is 1.97 bits per heavy atom. The van der Waals surface area contributed by atoms with Crippen molar-refractivity contribution < 1.29 is 23.9 Å². The van der Waals surface area contributed by atoms with Crippen LogP contribution >= 0.6 is 11.3 Å². The molecule has 1 saturated heterocycles. The van der Waals surface area contributed by atoms with Crippen LogP contribution in [0.1, 0.15) is 29.3 Å². The van der Waals surface area contributed by atoms with Crippen molar-refractivity contribution in [3.8, 4) is 17.5 Å². The first-order valence-corrected chi connectivity index (χ1v) is 10.3. The van der Waals surface area contributed by atoms with E-state index in [1.165, 1.54) is 32.9 Å². The van der Waals surface area contributed by atoms with Crippen LogP contribution in [0.2, 0.25) is 0 Å². The maximum absolute atomic E-state index is 13.5. The number of aliphatic hydroxyl groups excluding tert-OH is 1. The zero-order valence-corrected chi connectivity index (χ0v) is 16.3. The van der Waals surface area contributed by atoms with E-state index >= 15 is 0 Å². The van der Waals surface area contributed by atoms with Gasteiger partial charge in [-0.05, 0) is 36.4 Å². The first-order valence-electron chi connectivity index (χ1n) is 9.50. The maximum Gasteiger partial charge on any atom is 0.235 e. The molecule has 0 radical (unpaired) electrons. The minimum Gasteiger partial charge on any atom is -0.492 e. The van der Waals surface area contributed by atoms with Crippen LogP contribution in [-0.2, 0) is 0 Å². The Hall–Kier alpha value is -2.75. The number of hydrogen-bond acceptors (Lipinski definition) is 6. The van der Waals surface area contributed by atoms with Crippen LogP contribution in [-0.4, -0.2) is 44.0 Å². The van der Waals surface area contributed by atoms with Crippen LogP contribution in [0.4, 0.5) is 4.39 Å². The third-order valence-corrected chi connectivity index (χ3v) is 6.50. The molecule has 0 amide bonds. The lowest BCUT2D eigenvalue weighted by molar-refractivity contribution is -0.931. The second-order valence-corrected chi connectivity index (χ2v) is 8.28. The normalized spacial score (nSPS) is 20.9. The molecule has 1 aliphatic heterocycles. The number of quaternary nitrogens is 1. The highest BCUT2D eigenvalue weighted by molar-refractivity contribution is 7.17. The van der Waals surface area contributed by atoms with Crippen molar-refractivity contribution in [1.82, 2.24) is 14.6 Å². The molecule has 3 aromatic heterocycles. The van der Waals surface area contributed by atoms with Crippen LogP contribution in [0.5, 0.6) is 5.88 Å². The fourth-order valence-electron chi connectivity index (χ4n) is 3.94. The van der Waals surface area contributed by atoms with E-state index < -0.39 is 0 Å². The lowest BCUT2D eigenvalue weighted by atomic mass is 9.99. The monoisotopic (exact) mass is 415 g/mol. The van der Waals surface area contributed by atoms with Gasteiger partial charge in [0.05, 0.1) is 25.5 Å². The molecule has 1 fully saturated rings. The molecule has 7 nitrogen and oxygen atoms in total. The average molecular weight is 415 g/mol. The van der Waals surface area contributed by atoms with Gasteiger partial charge in [0.2, 0.25) is 16.7 Å². The number of hydrogen-bond donors (Lipinski definition) is 3. The third kappa shape index (κ3) is 3.31. The fourth-order valence-corrected chi connectivity index (χ4v) is 5.08. The van der Waals surface area contributed by atoms with Crippen LogP contribution in [0.25, 0.3) is 16.5 Å². The standard InChI is InChI=1S/C20H19FN4O3S/c21-13-5-3-12(4-6-13)16(24-9-7-14(26)8-10-24)17-19(27)25-20(29-17)22-18(23-25)15-2-1-11-28-15/h1-6,11,14,16,26-27H,7-10H2/p+1/t16-/m0/s1. The second-order valence-electron chi connectivity index (χ2n) is 7.27. The van der Waals surface area contributed by atoms with Gasteiger partial charge in [-0.15, -0.1) is 5.10 Å². The number of thiazole rings is 1. The topological polar surface area (TPSA) is 88.2 Å². The molecule has 0 spiro atoms. The molecule has 3 N–H and O–H groups in total. The van der Waals surface area contributed by atoms with Crippen molar-refractivity contribution in [2.75, 3.05) is 13.1 Å². The van der Waals surface area contributed by atoms with Gasteiger partial charge < -0.3 is 19.5 Å². The lowest BCUT2D eigenvalue weighted by Crippen LogP contribution is -3.13. The second kappa shape index (κ2) is 7.25. The largest absolute Gasteiger partial charge is 0.492 e. The zero-order valence-electron chi connectivity index (χ0n) is 15.5. The Morgan fingerprint density at radius 3 is 2.62 bits per heavy atom. The van der Waals surface area contributed by atoms with E-state index in [1.54, 1.807) is 30.5 Å². The summed E-state index contributed by atoms with van der Waals surface area (Å²) in [6.07, 6.45) is 2.64. The maximum atomic E-state index is 13.5. The summed E-state index contributed by atoms with van der Waals surface area (Å²) in [6, 6.07) is 9.70. The average Bonchev–Trinajstić information content (AvgIpc) is 3.44. The van der Waals surface area contributed by atoms with Gasteiger partial charge in [-0.3, -0.25) is 0 Å². The molecule has 0 saturated carbocycles. The number of aromatic hydroxyl groups is 1. The Labute approximate surface area is 169 Å². The summed E-state index contributed by atoms with van der Waals surface area (Å²) in [4.78, 5) is 7.00. The van der Waals surface area contributed by atoms with Gasteiger partial charge in [-0.25, -0.2) is 4.39 Å². The van der Waals surface area contributed by atoms with Gasteiger partial charge in [0.1, 0.15) is 10.7 Å². The Bertz CT molecular complexity index is 1110. The molecule has 4 aromatic rings. The molecule has 150 valence electrons. The van der Waals surface area contributed by atoms with Gasteiger partial charge in [-0.1, -0.05) is 11.3 Å². The van der Waals surface area contributed by atoms with E-state index in [2.05, 4.69) is 10.1 Å². The number of halogens is 1. The number of fused-ring (bicyclic) bond motifs is 1. The molecule has 4 heterocycles. The molecule has 29 heavy (non-hydrogen) atoms. The van der Waals surface area contributed by atoms with E-state index in [9.17, 15) is 14.6 Å².